The first-order valence-corrected chi connectivity index (χ1v) is 9.90. The van der Waals surface area contributed by atoms with Gasteiger partial charge in [-0.2, -0.15) is 0 Å². The van der Waals surface area contributed by atoms with Crippen molar-refractivity contribution in [1.29, 1.82) is 0 Å². The maximum absolute atomic E-state index is 10.8. The molecular formula is C15H21N6O4S+. The molecule has 1 unspecified atom stereocenters. The number of hydrogen-bond donors (Lipinski definition) is 4. The molecule has 0 aromatic carbocycles. The van der Waals surface area contributed by atoms with Gasteiger partial charge in [0, 0.05) is 6.42 Å². The second kappa shape index (κ2) is 7.48. The molecule has 0 aliphatic carbocycles. The van der Waals surface area contributed by atoms with Crippen molar-refractivity contribution in [2.75, 3.05) is 23.5 Å². The number of carbonyl (C=O) groups is 1. The molecule has 140 valence electrons. The van der Waals surface area contributed by atoms with Crippen LogP contribution in [0.1, 0.15) is 12.6 Å². The van der Waals surface area contributed by atoms with E-state index < -0.39 is 24.3 Å². The molecule has 11 heteroatoms. The third-order valence-corrected chi connectivity index (χ3v) is 5.78. The topological polar surface area (TPSA) is 162 Å². The monoisotopic (exact) mass is 381 g/mol. The first kappa shape index (κ1) is 18.4. The molecule has 2 aromatic rings. The lowest BCUT2D eigenvalue weighted by Gasteiger charge is -2.17. The Balaban J connectivity index is 1.64. The lowest BCUT2D eigenvalue weighted by Crippen LogP contribution is -2.32. The molecule has 1 aliphatic heterocycles. The van der Waals surface area contributed by atoms with E-state index in [-0.39, 0.29) is 16.7 Å². The van der Waals surface area contributed by atoms with E-state index in [2.05, 4.69) is 15.0 Å². The number of carboxylic acid groups (broad SMARTS) is 1. The third-order valence-electron chi connectivity index (χ3n) is 4.07. The first-order chi connectivity index (χ1) is 12.4. The second-order valence-corrected chi connectivity index (χ2v) is 8.34. The number of rotatable bonds is 7. The van der Waals surface area contributed by atoms with Gasteiger partial charge in [-0.15, -0.1) is 0 Å². The highest BCUT2D eigenvalue weighted by Crippen LogP contribution is 2.30. The number of nitrogens with zero attached hydrogens (tertiary/aromatic N) is 4. The summed E-state index contributed by atoms with van der Waals surface area (Å²) in [5.74, 6) is 1.19. The number of aromatic nitrogens is 4. The van der Waals surface area contributed by atoms with Gasteiger partial charge in [-0.3, -0.25) is 9.36 Å². The normalized spacial score (nSPS) is 22.0. The van der Waals surface area contributed by atoms with E-state index in [0.717, 1.165) is 0 Å². The molecule has 0 amide bonds. The van der Waals surface area contributed by atoms with E-state index in [1.807, 2.05) is 6.26 Å². The first-order valence-electron chi connectivity index (χ1n) is 7.92. The van der Waals surface area contributed by atoms with E-state index >= 15 is 0 Å². The van der Waals surface area contributed by atoms with Crippen LogP contribution in [0.25, 0.3) is 11.2 Å². The van der Waals surface area contributed by atoms with E-state index in [1.54, 1.807) is 10.6 Å². The Bertz CT molecular complexity index is 841. The van der Waals surface area contributed by atoms with Crippen LogP contribution in [0.4, 0.5) is 5.82 Å². The number of imidazole rings is 1. The third kappa shape index (κ3) is 3.74. The highest BCUT2D eigenvalue weighted by atomic mass is 32.2. The molecule has 6 N–H and O–H groups in total. The highest BCUT2D eigenvalue weighted by molar-refractivity contribution is 7.96. The summed E-state index contributed by atoms with van der Waals surface area (Å²) in [5.41, 5.74) is 12.3. The van der Waals surface area contributed by atoms with E-state index in [4.69, 9.17) is 21.3 Å². The average Bonchev–Trinajstić information content (AvgIpc) is 3.16. The quantitative estimate of drug-likeness (QED) is 0.451. The Hall–Kier alpha value is -2.37. The number of anilines is 1. The fraction of sp³-hybridized carbons (Fsp3) is 0.467. The summed E-state index contributed by atoms with van der Waals surface area (Å²) in [4.78, 5) is 23.0. The predicted molar refractivity (Wildman–Crippen MR) is 97.2 cm³/mol. The van der Waals surface area contributed by atoms with Crippen LogP contribution in [0.15, 0.2) is 24.5 Å². The molecular weight excluding hydrogens is 360 g/mol. The minimum absolute atomic E-state index is 0.123. The van der Waals surface area contributed by atoms with Crippen LogP contribution in [-0.2, 0) is 20.4 Å². The fourth-order valence-electron chi connectivity index (χ4n) is 2.66. The number of hydrogen-bond acceptors (Lipinski definition) is 8. The van der Waals surface area contributed by atoms with Crippen molar-refractivity contribution in [3.63, 3.8) is 0 Å². The van der Waals surface area contributed by atoms with Crippen molar-refractivity contribution >= 4 is 33.8 Å². The molecule has 4 atom stereocenters. The standard InChI is InChI=1S/C15H20N6O4S/c1-26(3-2-9(16)15(23)24)5-8-4-10(22)14(25-8)21-7-20-11-12(17)18-6-19-13(11)21/h4,6-7,9-10,14,22H,2-3,5,16H2,1H3,(H2-,17,18,19,23,24)/p+1/t9-,10+,14+,26?/m0/s1. The Morgan fingerprint density at radius 1 is 1.46 bits per heavy atom. The lowest BCUT2D eigenvalue weighted by atomic mass is 10.2. The van der Waals surface area contributed by atoms with Gasteiger partial charge in [0.2, 0.25) is 6.23 Å². The molecule has 10 nitrogen and oxygen atoms in total. The summed E-state index contributed by atoms with van der Waals surface area (Å²) in [7, 11) is -0.123. The summed E-state index contributed by atoms with van der Waals surface area (Å²) < 4.78 is 7.50. The molecule has 2 aromatic heterocycles. The molecule has 1 aliphatic rings. The predicted octanol–water partition coefficient (Wildman–Crippen LogP) is -0.768. The van der Waals surface area contributed by atoms with Crippen LogP contribution in [-0.4, -0.2) is 65.6 Å². The zero-order valence-corrected chi connectivity index (χ0v) is 15.0. The van der Waals surface area contributed by atoms with Gasteiger partial charge in [0.25, 0.3) is 0 Å². The van der Waals surface area contributed by atoms with Crippen molar-refractivity contribution in [3.05, 3.63) is 24.5 Å². The van der Waals surface area contributed by atoms with Crippen LogP contribution in [0.3, 0.4) is 0 Å². The molecule has 0 bridgehead atoms. The zero-order chi connectivity index (χ0) is 18.8. The Morgan fingerprint density at radius 3 is 2.96 bits per heavy atom. The zero-order valence-electron chi connectivity index (χ0n) is 14.1. The number of aliphatic carboxylic acids is 1. The SMILES string of the molecule is C[S+](CC[C@H](N)C(=O)O)CC1=C[C@@H](O)[C@H](n2cnc3c(N)ncnc32)O1. The minimum Gasteiger partial charge on any atom is -0.480 e. The van der Waals surface area contributed by atoms with Crippen molar-refractivity contribution in [1.82, 2.24) is 19.5 Å². The van der Waals surface area contributed by atoms with E-state index in [9.17, 15) is 9.90 Å². The Kier molecular flexibility index (Phi) is 5.30. The average molecular weight is 381 g/mol. The van der Waals surface area contributed by atoms with Crippen LogP contribution in [0, 0.1) is 0 Å². The number of nitrogen functional groups attached to an aromatic ring is 1. The van der Waals surface area contributed by atoms with Crippen LogP contribution < -0.4 is 11.5 Å². The van der Waals surface area contributed by atoms with Gasteiger partial charge < -0.3 is 26.4 Å². The van der Waals surface area contributed by atoms with Gasteiger partial charge in [0.15, 0.2) is 17.2 Å². The number of nitrogens with two attached hydrogens (primary N) is 2. The molecule has 3 heterocycles. The summed E-state index contributed by atoms with van der Waals surface area (Å²) in [6.45, 7) is 0. The molecule has 0 radical (unpaired) electrons. The van der Waals surface area contributed by atoms with Crippen LogP contribution in [0.5, 0.6) is 0 Å². The van der Waals surface area contributed by atoms with Crippen molar-refractivity contribution in [2.45, 2.75) is 24.8 Å². The number of fused-ring (bicyclic) bond motifs is 1. The molecule has 0 fully saturated rings. The summed E-state index contributed by atoms with van der Waals surface area (Å²) in [6, 6.07) is -0.857. The van der Waals surface area contributed by atoms with Gasteiger partial charge in [0.1, 0.15) is 41.8 Å². The lowest BCUT2D eigenvalue weighted by molar-refractivity contribution is -0.138. The highest BCUT2D eigenvalue weighted by Gasteiger charge is 2.33. The number of carboxylic acids is 1. The summed E-state index contributed by atoms with van der Waals surface area (Å²) in [5, 5.41) is 19.2. The van der Waals surface area contributed by atoms with E-state index in [0.29, 0.717) is 34.8 Å². The smallest absolute Gasteiger partial charge is 0.320 e. The van der Waals surface area contributed by atoms with E-state index in [1.165, 1.54) is 12.7 Å². The van der Waals surface area contributed by atoms with Gasteiger partial charge in [-0.1, -0.05) is 0 Å². The number of aliphatic hydroxyl groups is 1. The van der Waals surface area contributed by atoms with Gasteiger partial charge in [-0.05, 0) is 17.0 Å². The molecule has 0 saturated heterocycles. The summed E-state index contributed by atoms with van der Waals surface area (Å²) >= 11 is 0. The fourth-order valence-corrected chi connectivity index (χ4v) is 4.11. The molecule has 0 spiro atoms. The molecule has 0 saturated carbocycles. The number of ether oxygens (including phenoxy) is 1. The van der Waals surface area contributed by atoms with Crippen molar-refractivity contribution < 1.29 is 19.7 Å². The second-order valence-electron chi connectivity index (χ2n) is 6.08. The minimum atomic E-state index is -0.998. The number of aliphatic hydroxyl groups excluding tert-OH is 1. The maximum Gasteiger partial charge on any atom is 0.320 e. The Labute approximate surface area is 152 Å². The van der Waals surface area contributed by atoms with Gasteiger partial charge in [-0.25, -0.2) is 15.0 Å². The molecule has 26 heavy (non-hydrogen) atoms. The van der Waals surface area contributed by atoms with Crippen molar-refractivity contribution in [3.8, 4) is 0 Å². The van der Waals surface area contributed by atoms with Crippen molar-refractivity contribution in [2.24, 2.45) is 5.73 Å². The maximum atomic E-state index is 10.8. The Morgan fingerprint density at radius 2 is 2.23 bits per heavy atom. The van der Waals surface area contributed by atoms with Gasteiger partial charge >= 0.3 is 5.97 Å². The molecule has 3 rings (SSSR count). The van der Waals surface area contributed by atoms with Crippen LogP contribution >= 0.6 is 0 Å². The largest absolute Gasteiger partial charge is 0.480 e. The van der Waals surface area contributed by atoms with Gasteiger partial charge in [0.05, 0.1) is 6.26 Å². The van der Waals surface area contributed by atoms with Crippen LogP contribution in [0.2, 0.25) is 0 Å². The summed E-state index contributed by atoms with van der Waals surface area (Å²) in [6.07, 6.45) is 5.38.